The molecule has 1 aliphatic carbocycles. The predicted molar refractivity (Wildman–Crippen MR) is 48.2 cm³/mol. The van der Waals surface area contributed by atoms with Crippen LogP contribution in [0.2, 0.25) is 0 Å². The van der Waals surface area contributed by atoms with Gasteiger partial charge in [-0.1, -0.05) is 18.2 Å². The first-order valence-electron chi connectivity index (χ1n) is 4.41. The van der Waals surface area contributed by atoms with E-state index >= 15 is 0 Å². The molecular weight excluding hydrogens is 148 g/mol. The van der Waals surface area contributed by atoms with Gasteiger partial charge in [-0.3, -0.25) is 0 Å². The maximum absolute atomic E-state index is 5.45. The fourth-order valence-electron chi connectivity index (χ4n) is 1.73. The number of furan rings is 1. The molecule has 1 heteroatoms. The molecule has 1 nitrogen and oxygen atoms in total. The fraction of sp³-hybridized carbons (Fsp3) is 0.273. The van der Waals surface area contributed by atoms with Crippen molar-refractivity contribution in [3.63, 3.8) is 0 Å². The summed E-state index contributed by atoms with van der Waals surface area (Å²) in [7, 11) is 0. The van der Waals surface area contributed by atoms with Gasteiger partial charge in [0.1, 0.15) is 5.58 Å². The lowest BCUT2D eigenvalue weighted by Gasteiger charge is -1.97. The molecule has 0 aliphatic heterocycles. The monoisotopic (exact) mass is 158 g/mol. The van der Waals surface area contributed by atoms with Gasteiger partial charge in [0.25, 0.3) is 0 Å². The third-order valence-electron chi connectivity index (χ3n) is 2.53. The van der Waals surface area contributed by atoms with Gasteiger partial charge in [0.05, 0.1) is 6.26 Å². The molecule has 1 aromatic heterocycles. The van der Waals surface area contributed by atoms with Crippen LogP contribution >= 0.6 is 0 Å². The van der Waals surface area contributed by atoms with Crippen molar-refractivity contribution >= 4 is 11.0 Å². The van der Waals surface area contributed by atoms with Crippen LogP contribution in [0.3, 0.4) is 0 Å². The minimum atomic E-state index is 0.778. The second-order valence-electron chi connectivity index (χ2n) is 3.46. The summed E-state index contributed by atoms with van der Waals surface area (Å²) >= 11 is 0. The predicted octanol–water partition coefficient (Wildman–Crippen LogP) is 3.31. The lowest BCUT2D eigenvalue weighted by molar-refractivity contribution is 0.611. The van der Waals surface area contributed by atoms with E-state index in [1.54, 1.807) is 6.26 Å². The zero-order valence-electron chi connectivity index (χ0n) is 6.79. The van der Waals surface area contributed by atoms with Crippen molar-refractivity contribution in [2.45, 2.75) is 18.8 Å². The molecule has 0 radical (unpaired) electrons. The van der Waals surface area contributed by atoms with Crippen LogP contribution in [0.1, 0.15) is 24.3 Å². The Morgan fingerprint density at radius 3 is 2.92 bits per heavy atom. The van der Waals surface area contributed by atoms with Crippen LogP contribution < -0.4 is 0 Å². The Morgan fingerprint density at radius 1 is 1.17 bits per heavy atom. The smallest absolute Gasteiger partial charge is 0.137 e. The molecule has 60 valence electrons. The third-order valence-corrected chi connectivity index (χ3v) is 2.53. The summed E-state index contributed by atoms with van der Waals surface area (Å²) in [6, 6.07) is 8.43. The molecule has 0 spiro atoms. The molecule has 2 aromatic rings. The number of para-hydroxylation sites is 1. The van der Waals surface area contributed by atoms with Crippen molar-refractivity contribution in [2.24, 2.45) is 0 Å². The van der Waals surface area contributed by atoms with Crippen molar-refractivity contribution in [3.05, 3.63) is 36.1 Å². The Morgan fingerprint density at radius 2 is 2.08 bits per heavy atom. The minimum Gasteiger partial charge on any atom is -0.464 e. The van der Waals surface area contributed by atoms with E-state index in [1.807, 2.05) is 6.07 Å². The minimum absolute atomic E-state index is 0.778. The van der Waals surface area contributed by atoms with Gasteiger partial charge in [-0.05, 0) is 30.4 Å². The summed E-state index contributed by atoms with van der Waals surface area (Å²) in [4.78, 5) is 0. The Bertz CT molecular complexity index is 410. The van der Waals surface area contributed by atoms with Crippen LogP contribution in [0.15, 0.2) is 34.9 Å². The van der Waals surface area contributed by atoms with Gasteiger partial charge < -0.3 is 4.42 Å². The number of hydrogen-bond acceptors (Lipinski definition) is 1. The van der Waals surface area contributed by atoms with E-state index in [-0.39, 0.29) is 0 Å². The van der Waals surface area contributed by atoms with Gasteiger partial charge in [-0.2, -0.15) is 0 Å². The van der Waals surface area contributed by atoms with Crippen molar-refractivity contribution in [3.8, 4) is 0 Å². The molecule has 1 heterocycles. The molecule has 1 aromatic carbocycles. The molecule has 0 saturated heterocycles. The number of hydrogen-bond donors (Lipinski definition) is 0. The van der Waals surface area contributed by atoms with E-state index in [9.17, 15) is 0 Å². The average Bonchev–Trinajstić information content (AvgIpc) is 2.82. The van der Waals surface area contributed by atoms with Gasteiger partial charge in [-0.25, -0.2) is 0 Å². The van der Waals surface area contributed by atoms with Crippen LogP contribution in [-0.4, -0.2) is 0 Å². The molecule has 0 bridgehead atoms. The van der Waals surface area contributed by atoms with Crippen molar-refractivity contribution in [1.29, 1.82) is 0 Å². The first-order valence-corrected chi connectivity index (χ1v) is 4.41. The molecular formula is C11H10O. The van der Waals surface area contributed by atoms with Gasteiger partial charge >= 0.3 is 0 Å². The zero-order chi connectivity index (χ0) is 7.97. The van der Waals surface area contributed by atoms with Gasteiger partial charge in [-0.15, -0.1) is 0 Å². The van der Waals surface area contributed by atoms with E-state index in [0.29, 0.717) is 0 Å². The Balaban J connectivity index is 2.32. The van der Waals surface area contributed by atoms with Crippen LogP contribution in [0.5, 0.6) is 0 Å². The molecule has 0 atom stereocenters. The third kappa shape index (κ3) is 0.795. The van der Waals surface area contributed by atoms with E-state index in [1.165, 1.54) is 23.8 Å². The van der Waals surface area contributed by atoms with Gasteiger partial charge in [0.15, 0.2) is 0 Å². The maximum atomic E-state index is 5.45. The second-order valence-corrected chi connectivity index (χ2v) is 3.46. The highest BCUT2D eigenvalue weighted by molar-refractivity contribution is 5.81. The SMILES string of the molecule is c1cc(C2CC2)c2occc2c1. The molecule has 12 heavy (non-hydrogen) atoms. The molecule has 1 saturated carbocycles. The van der Waals surface area contributed by atoms with E-state index in [2.05, 4.69) is 18.2 Å². The molecule has 3 rings (SSSR count). The highest BCUT2D eigenvalue weighted by atomic mass is 16.3. The van der Waals surface area contributed by atoms with E-state index in [4.69, 9.17) is 4.42 Å². The summed E-state index contributed by atoms with van der Waals surface area (Å²) in [6.07, 6.45) is 4.44. The molecule has 1 fully saturated rings. The topological polar surface area (TPSA) is 13.1 Å². The normalized spacial score (nSPS) is 17.0. The van der Waals surface area contributed by atoms with Crippen LogP contribution in [0.4, 0.5) is 0 Å². The van der Waals surface area contributed by atoms with Crippen molar-refractivity contribution in [1.82, 2.24) is 0 Å². The molecule has 0 unspecified atom stereocenters. The second kappa shape index (κ2) is 2.13. The lowest BCUT2D eigenvalue weighted by atomic mass is 10.1. The number of rotatable bonds is 1. The number of benzene rings is 1. The lowest BCUT2D eigenvalue weighted by Crippen LogP contribution is -1.78. The summed E-state index contributed by atoms with van der Waals surface area (Å²) < 4.78 is 5.45. The first-order chi connectivity index (χ1) is 5.95. The van der Waals surface area contributed by atoms with Crippen molar-refractivity contribution < 1.29 is 4.42 Å². The van der Waals surface area contributed by atoms with Crippen LogP contribution in [0, 0.1) is 0 Å². The summed E-state index contributed by atoms with van der Waals surface area (Å²) in [6.45, 7) is 0. The maximum Gasteiger partial charge on any atom is 0.137 e. The van der Waals surface area contributed by atoms with E-state index in [0.717, 1.165) is 11.5 Å². The molecule has 0 N–H and O–H groups in total. The van der Waals surface area contributed by atoms with Crippen molar-refractivity contribution in [2.75, 3.05) is 0 Å². The Kier molecular flexibility index (Phi) is 1.12. The van der Waals surface area contributed by atoms with Gasteiger partial charge in [0, 0.05) is 5.39 Å². The Labute approximate surface area is 71.0 Å². The average molecular weight is 158 g/mol. The van der Waals surface area contributed by atoms with E-state index < -0.39 is 0 Å². The number of fused-ring (bicyclic) bond motifs is 1. The fourth-order valence-corrected chi connectivity index (χ4v) is 1.73. The largest absolute Gasteiger partial charge is 0.464 e. The zero-order valence-corrected chi connectivity index (χ0v) is 6.79. The molecule has 1 aliphatic rings. The molecule has 0 amide bonds. The highest BCUT2D eigenvalue weighted by Crippen LogP contribution is 2.43. The highest BCUT2D eigenvalue weighted by Gasteiger charge is 2.26. The van der Waals surface area contributed by atoms with Crippen LogP contribution in [-0.2, 0) is 0 Å². The van der Waals surface area contributed by atoms with Crippen LogP contribution in [0.25, 0.3) is 11.0 Å². The first kappa shape index (κ1) is 6.30. The van der Waals surface area contributed by atoms with Gasteiger partial charge in [0.2, 0.25) is 0 Å². The summed E-state index contributed by atoms with van der Waals surface area (Å²) in [5.41, 5.74) is 2.50. The summed E-state index contributed by atoms with van der Waals surface area (Å²) in [5, 5.41) is 1.24. The summed E-state index contributed by atoms with van der Waals surface area (Å²) in [5.74, 6) is 0.778. The Hall–Kier alpha value is -1.24. The quantitative estimate of drug-likeness (QED) is 0.620. The standard InChI is InChI=1S/C11H10O/c1-2-9-6-7-12-11(9)10(3-1)8-4-5-8/h1-3,6-8H,4-5H2.